The maximum Gasteiger partial charge on any atom is 0.0990 e. The number of rotatable bonds is 10. The van der Waals surface area contributed by atoms with Gasteiger partial charge in [-0.15, -0.1) is 0 Å². The van der Waals surface area contributed by atoms with Crippen LogP contribution in [0.25, 0.3) is 0 Å². The molecule has 1 rings (SSSR count). The lowest BCUT2D eigenvalue weighted by molar-refractivity contribution is -0.149. The highest BCUT2D eigenvalue weighted by Gasteiger charge is 2.42. The summed E-state index contributed by atoms with van der Waals surface area (Å²) < 4.78 is 11.8. The first-order chi connectivity index (χ1) is 8.72. The molecule has 18 heavy (non-hydrogen) atoms. The Labute approximate surface area is 113 Å². The summed E-state index contributed by atoms with van der Waals surface area (Å²) in [5.74, 6) is 0.667. The molecule has 4 unspecified atom stereocenters. The van der Waals surface area contributed by atoms with Gasteiger partial charge in [-0.3, -0.25) is 0 Å². The van der Waals surface area contributed by atoms with Gasteiger partial charge in [0.15, 0.2) is 0 Å². The molecule has 0 aliphatic heterocycles. The molecule has 3 nitrogen and oxygen atoms in total. The highest BCUT2D eigenvalue weighted by Crippen LogP contribution is 2.28. The molecule has 4 atom stereocenters. The van der Waals surface area contributed by atoms with Gasteiger partial charge in [0.25, 0.3) is 0 Å². The second-order valence-corrected chi connectivity index (χ2v) is 5.48. The molecule has 0 heterocycles. The summed E-state index contributed by atoms with van der Waals surface area (Å²) in [5, 5.41) is 3.54. The molecule has 108 valence electrons. The van der Waals surface area contributed by atoms with Crippen LogP contribution in [-0.4, -0.2) is 38.0 Å². The van der Waals surface area contributed by atoms with Crippen molar-refractivity contribution < 1.29 is 9.47 Å². The van der Waals surface area contributed by atoms with Gasteiger partial charge in [0.05, 0.1) is 12.2 Å². The Morgan fingerprint density at radius 3 is 2.56 bits per heavy atom. The van der Waals surface area contributed by atoms with E-state index in [0.29, 0.717) is 18.1 Å². The van der Waals surface area contributed by atoms with Crippen molar-refractivity contribution in [2.24, 2.45) is 5.92 Å². The maximum absolute atomic E-state index is 6.00. The van der Waals surface area contributed by atoms with E-state index in [1.807, 2.05) is 0 Å². The zero-order valence-corrected chi connectivity index (χ0v) is 12.6. The molecule has 0 radical (unpaired) electrons. The van der Waals surface area contributed by atoms with Gasteiger partial charge in [-0.25, -0.2) is 0 Å². The Morgan fingerprint density at radius 1 is 1.17 bits per heavy atom. The minimum absolute atomic E-state index is 0.260. The van der Waals surface area contributed by atoms with E-state index in [9.17, 15) is 0 Å². The zero-order chi connectivity index (χ0) is 13.4. The second-order valence-electron chi connectivity index (χ2n) is 5.48. The van der Waals surface area contributed by atoms with Crippen LogP contribution in [0.15, 0.2) is 0 Å². The molecule has 1 fully saturated rings. The van der Waals surface area contributed by atoms with Crippen LogP contribution in [0.4, 0.5) is 0 Å². The summed E-state index contributed by atoms with van der Waals surface area (Å²) in [6.07, 6.45) is 5.33. The second kappa shape index (κ2) is 8.89. The molecule has 0 bridgehead atoms. The first kappa shape index (κ1) is 15.9. The zero-order valence-electron chi connectivity index (χ0n) is 12.6. The molecule has 1 aliphatic rings. The molecular weight excluding hydrogens is 226 g/mol. The van der Waals surface area contributed by atoms with Crippen molar-refractivity contribution in [2.45, 2.75) is 71.6 Å². The topological polar surface area (TPSA) is 30.5 Å². The fourth-order valence-electron chi connectivity index (χ4n) is 2.55. The van der Waals surface area contributed by atoms with Crippen LogP contribution in [0.2, 0.25) is 0 Å². The summed E-state index contributed by atoms with van der Waals surface area (Å²) in [6.45, 7) is 11.5. The third kappa shape index (κ3) is 4.87. The van der Waals surface area contributed by atoms with E-state index in [-0.39, 0.29) is 6.10 Å². The third-order valence-electron chi connectivity index (χ3n) is 3.64. The van der Waals surface area contributed by atoms with E-state index in [1.165, 1.54) is 19.3 Å². The average molecular weight is 257 g/mol. The lowest BCUT2D eigenvalue weighted by atomic mass is 9.85. The van der Waals surface area contributed by atoms with E-state index >= 15 is 0 Å². The van der Waals surface area contributed by atoms with E-state index in [1.54, 1.807) is 0 Å². The molecular formula is C15H31NO2. The van der Waals surface area contributed by atoms with E-state index < -0.39 is 0 Å². The molecule has 0 saturated heterocycles. The van der Waals surface area contributed by atoms with Gasteiger partial charge in [0.1, 0.15) is 0 Å². The van der Waals surface area contributed by atoms with E-state index in [0.717, 1.165) is 26.2 Å². The molecule has 3 heteroatoms. The van der Waals surface area contributed by atoms with E-state index in [2.05, 4.69) is 33.0 Å². The number of nitrogens with one attached hydrogen (secondary N) is 1. The monoisotopic (exact) mass is 257 g/mol. The van der Waals surface area contributed by atoms with Gasteiger partial charge in [0, 0.05) is 19.3 Å². The maximum atomic E-state index is 6.00. The van der Waals surface area contributed by atoms with Crippen LogP contribution in [0.5, 0.6) is 0 Å². The van der Waals surface area contributed by atoms with Crippen LogP contribution in [-0.2, 0) is 9.47 Å². The lowest BCUT2D eigenvalue weighted by Crippen LogP contribution is -2.60. The molecule has 0 amide bonds. The Hall–Kier alpha value is -0.120. The minimum atomic E-state index is 0.260. The smallest absolute Gasteiger partial charge is 0.0990 e. The highest BCUT2D eigenvalue weighted by atomic mass is 16.5. The summed E-state index contributed by atoms with van der Waals surface area (Å²) in [7, 11) is 0. The predicted molar refractivity (Wildman–Crippen MR) is 75.9 cm³/mol. The highest BCUT2D eigenvalue weighted by molar-refractivity contribution is 4.97. The fourth-order valence-corrected chi connectivity index (χ4v) is 2.55. The molecule has 1 N–H and O–H groups in total. The van der Waals surface area contributed by atoms with Crippen LogP contribution < -0.4 is 5.32 Å². The molecule has 0 aromatic rings. The third-order valence-corrected chi connectivity index (χ3v) is 3.64. The molecule has 1 saturated carbocycles. The Bertz CT molecular complexity index is 211. The first-order valence-electron chi connectivity index (χ1n) is 7.69. The number of hydrogen-bond donors (Lipinski definition) is 1. The van der Waals surface area contributed by atoms with Gasteiger partial charge < -0.3 is 14.8 Å². The predicted octanol–water partition coefficient (Wildman–Crippen LogP) is 2.98. The van der Waals surface area contributed by atoms with Crippen molar-refractivity contribution in [3.8, 4) is 0 Å². The number of ether oxygens (including phenoxy) is 2. The summed E-state index contributed by atoms with van der Waals surface area (Å²) in [4.78, 5) is 0. The minimum Gasteiger partial charge on any atom is -0.375 e. The Kier molecular flexibility index (Phi) is 7.87. The van der Waals surface area contributed by atoms with Crippen molar-refractivity contribution in [1.29, 1.82) is 0 Å². The normalized spacial score (nSPS) is 29.0. The van der Waals surface area contributed by atoms with Crippen LogP contribution >= 0.6 is 0 Å². The fraction of sp³-hybridized carbons (Fsp3) is 1.00. The van der Waals surface area contributed by atoms with Crippen molar-refractivity contribution in [2.75, 3.05) is 19.8 Å². The average Bonchev–Trinajstić information content (AvgIpc) is 2.34. The SMILES string of the molecule is CCCNC1CC(OCC(C)CCC)C1OCC. The Morgan fingerprint density at radius 2 is 1.94 bits per heavy atom. The number of hydrogen-bond acceptors (Lipinski definition) is 3. The standard InChI is InChI=1S/C15H31NO2/c1-5-8-12(4)11-18-14-10-13(16-9-6-2)15(14)17-7-3/h12-16H,5-11H2,1-4H3. The summed E-state index contributed by atoms with van der Waals surface area (Å²) in [5.41, 5.74) is 0. The van der Waals surface area contributed by atoms with Crippen molar-refractivity contribution in [1.82, 2.24) is 5.32 Å². The van der Waals surface area contributed by atoms with Crippen molar-refractivity contribution in [3.05, 3.63) is 0 Å². The largest absolute Gasteiger partial charge is 0.375 e. The van der Waals surface area contributed by atoms with Crippen LogP contribution in [0.1, 0.15) is 53.4 Å². The van der Waals surface area contributed by atoms with Gasteiger partial charge >= 0.3 is 0 Å². The van der Waals surface area contributed by atoms with E-state index in [4.69, 9.17) is 9.47 Å². The summed E-state index contributed by atoms with van der Waals surface area (Å²) in [6, 6.07) is 0.497. The molecule has 1 aliphatic carbocycles. The van der Waals surface area contributed by atoms with Crippen molar-refractivity contribution >= 4 is 0 Å². The first-order valence-corrected chi connectivity index (χ1v) is 7.69. The van der Waals surface area contributed by atoms with Crippen LogP contribution in [0.3, 0.4) is 0 Å². The lowest BCUT2D eigenvalue weighted by Gasteiger charge is -2.44. The van der Waals surface area contributed by atoms with Crippen LogP contribution in [0, 0.1) is 5.92 Å². The van der Waals surface area contributed by atoms with Gasteiger partial charge in [-0.2, -0.15) is 0 Å². The van der Waals surface area contributed by atoms with Crippen molar-refractivity contribution in [3.63, 3.8) is 0 Å². The molecule has 0 aromatic heterocycles. The van der Waals surface area contributed by atoms with Gasteiger partial charge in [-0.1, -0.05) is 27.2 Å². The quantitative estimate of drug-likeness (QED) is 0.652. The van der Waals surface area contributed by atoms with Gasteiger partial charge in [-0.05, 0) is 38.6 Å². The molecule has 0 spiro atoms. The Balaban J connectivity index is 2.24. The molecule has 0 aromatic carbocycles. The van der Waals surface area contributed by atoms with Gasteiger partial charge in [0.2, 0.25) is 0 Å². The summed E-state index contributed by atoms with van der Waals surface area (Å²) >= 11 is 0.